The lowest BCUT2D eigenvalue weighted by Crippen LogP contribution is -2.16. The first-order valence-electron chi connectivity index (χ1n) is 12.2. The molecule has 2 fully saturated rings. The second-order valence-electron chi connectivity index (χ2n) is 10.1. The van der Waals surface area contributed by atoms with Gasteiger partial charge in [0.25, 0.3) is 0 Å². The van der Waals surface area contributed by atoms with Gasteiger partial charge >= 0.3 is 0 Å². The Morgan fingerprint density at radius 2 is 2.00 bits per heavy atom. The summed E-state index contributed by atoms with van der Waals surface area (Å²) in [6.45, 7) is 3.30. The zero-order valence-electron chi connectivity index (χ0n) is 20.2. The Balaban J connectivity index is 1.56. The molecule has 6 rings (SSSR count). The van der Waals surface area contributed by atoms with Crippen molar-refractivity contribution in [2.45, 2.75) is 18.9 Å². The minimum Gasteiger partial charge on any atom is -0.508 e. The monoisotopic (exact) mass is 487 g/mol. The summed E-state index contributed by atoms with van der Waals surface area (Å²) in [5.74, 6) is 2.55. The van der Waals surface area contributed by atoms with E-state index in [9.17, 15) is 9.50 Å². The molecule has 0 spiro atoms. The minimum atomic E-state index is -0.580. The van der Waals surface area contributed by atoms with E-state index in [0.717, 1.165) is 31.7 Å². The van der Waals surface area contributed by atoms with Crippen LogP contribution in [0, 0.1) is 35.8 Å². The number of hydrogen-bond acceptors (Lipinski definition) is 5. The molecular weight excluding hydrogens is 460 g/mol. The molecule has 8 heteroatoms. The molecule has 2 aromatic heterocycles. The van der Waals surface area contributed by atoms with Crippen molar-refractivity contribution in [1.29, 1.82) is 0 Å². The number of rotatable bonds is 6. The predicted molar refractivity (Wildman–Crippen MR) is 136 cm³/mol. The van der Waals surface area contributed by atoms with Crippen LogP contribution in [0.15, 0.2) is 30.5 Å². The van der Waals surface area contributed by atoms with Crippen molar-refractivity contribution in [1.82, 2.24) is 25.0 Å². The van der Waals surface area contributed by atoms with Crippen molar-refractivity contribution in [3.63, 3.8) is 0 Å². The zero-order valence-corrected chi connectivity index (χ0v) is 20.2. The second kappa shape index (κ2) is 8.54. The summed E-state index contributed by atoms with van der Waals surface area (Å²) in [6.07, 6.45) is 8.11. The number of nitrogens with zero attached hydrogens (tertiary/aromatic N) is 4. The van der Waals surface area contributed by atoms with Crippen molar-refractivity contribution in [3.8, 4) is 29.4 Å². The van der Waals surface area contributed by atoms with Crippen LogP contribution in [0.25, 0.3) is 32.9 Å². The molecule has 0 bridgehead atoms. The fraction of sp³-hybridized carbons (Fsp3) is 0.357. The molecule has 184 valence electrons. The number of aromatic nitrogens is 3. The molecule has 4 aromatic rings. The highest BCUT2D eigenvalue weighted by molar-refractivity contribution is 6.02. The Kier molecular flexibility index (Phi) is 5.43. The summed E-state index contributed by atoms with van der Waals surface area (Å²) in [5.41, 5.74) is 1.58. The molecule has 1 unspecified atom stereocenters. The largest absolute Gasteiger partial charge is 0.508 e. The van der Waals surface area contributed by atoms with Gasteiger partial charge < -0.3 is 15.3 Å². The summed E-state index contributed by atoms with van der Waals surface area (Å²) in [4.78, 5) is 6.59. The van der Waals surface area contributed by atoms with Crippen LogP contribution in [0.5, 0.6) is 5.75 Å². The number of pyridine rings is 1. The van der Waals surface area contributed by atoms with E-state index < -0.39 is 11.6 Å². The molecule has 1 aliphatic carbocycles. The maximum absolute atomic E-state index is 16.4. The van der Waals surface area contributed by atoms with E-state index in [1.807, 2.05) is 14.1 Å². The fourth-order valence-electron chi connectivity index (χ4n) is 5.86. The highest BCUT2D eigenvalue weighted by atomic mass is 19.1. The van der Waals surface area contributed by atoms with Crippen molar-refractivity contribution in [2.24, 2.45) is 11.8 Å². The van der Waals surface area contributed by atoms with Crippen LogP contribution < -0.4 is 5.32 Å². The number of terminal acetylenes is 1. The molecule has 0 amide bonds. The van der Waals surface area contributed by atoms with Crippen LogP contribution in [-0.2, 0) is 6.54 Å². The first kappa shape index (κ1) is 22.9. The number of nitrogens with one attached hydrogen (secondary N) is 1. The van der Waals surface area contributed by atoms with Gasteiger partial charge in [-0.05, 0) is 75.6 Å². The van der Waals surface area contributed by atoms with Gasteiger partial charge in [0.1, 0.15) is 22.8 Å². The second-order valence-corrected chi connectivity index (χ2v) is 10.1. The SMILES string of the molecule is C#Cc1c(F)ccc2cc(O)cc(-c3ncc4c(C5[C@H]6CNC[C@@H]56)nn(CCCN(C)C)c4c3F)c12. The maximum Gasteiger partial charge on any atom is 0.175 e. The van der Waals surface area contributed by atoms with Crippen LogP contribution in [-0.4, -0.2) is 58.5 Å². The molecule has 2 N–H and O–H groups in total. The van der Waals surface area contributed by atoms with Gasteiger partial charge in [-0.15, -0.1) is 6.42 Å². The third-order valence-corrected chi connectivity index (χ3v) is 7.59. The Bertz CT molecular complexity index is 1540. The predicted octanol–water partition coefficient (Wildman–Crippen LogP) is 4.10. The fourth-order valence-corrected chi connectivity index (χ4v) is 5.86. The first-order valence-corrected chi connectivity index (χ1v) is 12.2. The third-order valence-electron chi connectivity index (χ3n) is 7.59. The third kappa shape index (κ3) is 3.54. The zero-order chi connectivity index (χ0) is 25.1. The Hall–Kier alpha value is -3.54. The van der Waals surface area contributed by atoms with E-state index in [2.05, 4.69) is 21.1 Å². The molecule has 6 nitrogen and oxygen atoms in total. The number of halogens is 2. The molecule has 3 atom stereocenters. The standard InChI is InChI=1S/C28H27F2N5O/c1-4-17-22(29)7-6-15-10-16(36)11-18(23(15)17)27-25(30)28-21(14-32-27)26(24-19-12-31-13-20(19)24)33-35(28)9-5-8-34(2)3/h1,6-7,10-11,14,19-20,24,31,36H,5,8-9,12-13H2,2-3H3/t19-,20+,24?. The Morgan fingerprint density at radius 3 is 2.72 bits per heavy atom. The van der Waals surface area contributed by atoms with Crippen LogP contribution in [0.2, 0.25) is 0 Å². The number of phenols is 1. The van der Waals surface area contributed by atoms with E-state index >= 15 is 4.39 Å². The van der Waals surface area contributed by atoms with Gasteiger partial charge in [0.2, 0.25) is 0 Å². The van der Waals surface area contributed by atoms with E-state index in [4.69, 9.17) is 11.5 Å². The van der Waals surface area contributed by atoms with Gasteiger partial charge in [0.15, 0.2) is 5.82 Å². The normalized spacial score (nSPS) is 20.8. The van der Waals surface area contributed by atoms with Crippen LogP contribution in [0.1, 0.15) is 23.6 Å². The number of aromatic hydroxyl groups is 1. The van der Waals surface area contributed by atoms with Gasteiger partial charge in [0.05, 0.1) is 11.3 Å². The summed E-state index contributed by atoms with van der Waals surface area (Å²) in [5, 5.41) is 20.3. The number of hydrogen-bond donors (Lipinski definition) is 2. The molecular formula is C28H27F2N5O. The minimum absolute atomic E-state index is 0.0160. The van der Waals surface area contributed by atoms with Gasteiger partial charge in [-0.3, -0.25) is 9.67 Å². The highest BCUT2D eigenvalue weighted by Crippen LogP contribution is 2.56. The van der Waals surface area contributed by atoms with Gasteiger partial charge in [-0.25, -0.2) is 8.78 Å². The van der Waals surface area contributed by atoms with Crippen molar-refractivity contribution in [2.75, 3.05) is 33.7 Å². The van der Waals surface area contributed by atoms with E-state index in [-0.39, 0.29) is 22.6 Å². The molecule has 2 aliphatic rings. The maximum atomic E-state index is 16.4. The lowest BCUT2D eigenvalue weighted by atomic mass is 9.95. The summed E-state index contributed by atoms with van der Waals surface area (Å²) >= 11 is 0. The van der Waals surface area contributed by atoms with Gasteiger partial charge in [-0.2, -0.15) is 5.10 Å². The van der Waals surface area contributed by atoms with Crippen LogP contribution in [0.3, 0.4) is 0 Å². The number of fused-ring (bicyclic) bond motifs is 3. The molecule has 1 saturated heterocycles. The average molecular weight is 488 g/mol. The van der Waals surface area contributed by atoms with Crippen molar-refractivity contribution in [3.05, 3.63) is 53.4 Å². The summed E-state index contributed by atoms with van der Waals surface area (Å²) in [6, 6.07) is 5.65. The molecule has 36 heavy (non-hydrogen) atoms. The molecule has 1 saturated carbocycles. The number of phenolic OH excluding ortho intramolecular Hbond substituents is 1. The smallest absolute Gasteiger partial charge is 0.175 e. The van der Waals surface area contributed by atoms with E-state index in [1.165, 1.54) is 24.3 Å². The topological polar surface area (TPSA) is 66.2 Å². The van der Waals surface area contributed by atoms with Gasteiger partial charge in [0, 0.05) is 35.0 Å². The lowest BCUT2D eigenvalue weighted by molar-refractivity contribution is 0.381. The number of aryl methyl sites for hydroxylation is 1. The molecule has 2 aromatic carbocycles. The average Bonchev–Trinajstić information content (AvgIpc) is 3.16. The number of benzene rings is 2. The van der Waals surface area contributed by atoms with Gasteiger partial charge in [-0.1, -0.05) is 12.0 Å². The summed E-state index contributed by atoms with van der Waals surface area (Å²) < 4.78 is 32.8. The number of piperidine rings is 1. The molecule has 1 aliphatic heterocycles. The van der Waals surface area contributed by atoms with Crippen LogP contribution in [0.4, 0.5) is 8.78 Å². The highest BCUT2D eigenvalue weighted by Gasteiger charge is 2.55. The van der Waals surface area contributed by atoms with Crippen LogP contribution >= 0.6 is 0 Å². The Labute approximate surface area is 207 Å². The van der Waals surface area contributed by atoms with E-state index in [0.29, 0.717) is 46.0 Å². The summed E-state index contributed by atoms with van der Waals surface area (Å²) in [7, 11) is 4.01. The molecule has 3 heterocycles. The van der Waals surface area contributed by atoms with E-state index in [1.54, 1.807) is 10.9 Å². The van der Waals surface area contributed by atoms with Crippen molar-refractivity contribution >= 4 is 21.7 Å². The molecule has 0 radical (unpaired) electrons. The lowest BCUT2D eigenvalue weighted by Gasteiger charge is -2.13. The quantitative estimate of drug-likeness (QED) is 0.401. The van der Waals surface area contributed by atoms with Crippen molar-refractivity contribution < 1.29 is 13.9 Å². The first-order chi connectivity index (χ1) is 17.4. The Morgan fingerprint density at radius 1 is 1.22 bits per heavy atom.